The Morgan fingerprint density at radius 3 is 2.06 bits per heavy atom. The Balaban J connectivity index is 1.44. The first-order valence-electron chi connectivity index (χ1n) is 11.1. The molecular formula is C29H20ClFN2O2S. The quantitative estimate of drug-likeness (QED) is 0.247. The number of aromatic nitrogens is 1. The lowest BCUT2D eigenvalue weighted by molar-refractivity contribution is 0.102. The second-order valence-corrected chi connectivity index (χ2v) is 9.54. The Morgan fingerprint density at radius 1 is 0.833 bits per heavy atom. The lowest BCUT2D eigenvalue weighted by atomic mass is 10.1. The summed E-state index contributed by atoms with van der Waals surface area (Å²) in [5, 5.41) is 5.03. The SMILES string of the molecule is Cc1ccc(C(=O)Nc2sc(-c3ccc(Oc4ccc(F)cc4)cc3)nc2-c2ccc(Cl)cc2)cc1. The zero-order valence-corrected chi connectivity index (χ0v) is 20.7. The zero-order chi connectivity index (χ0) is 25.1. The van der Waals surface area contributed by atoms with E-state index in [1.807, 2.05) is 55.5 Å². The topological polar surface area (TPSA) is 51.2 Å². The highest BCUT2D eigenvalue weighted by Gasteiger charge is 2.18. The minimum absolute atomic E-state index is 0.205. The van der Waals surface area contributed by atoms with E-state index in [9.17, 15) is 9.18 Å². The Kier molecular flexibility index (Phi) is 6.80. The maximum Gasteiger partial charge on any atom is 0.256 e. The van der Waals surface area contributed by atoms with Gasteiger partial charge in [0.25, 0.3) is 5.91 Å². The number of aryl methyl sites for hydroxylation is 1. The molecule has 0 aliphatic rings. The van der Waals surface area contributed by atoms with Gasteiger partial charge in [-0.3, -0.25) is 4.79 Å². The third kappa shape index (κ3) is 5.46. The normalized spacial score (nSPS) is 10.8. The lowest BCUT2D eigenvalue weighted by Gasteiger charge is -2.06. The minimum atomic E-state index is -0.316. The van der Waals surface area contributed by atoms with Gasteiger partial charge in [-0.1, -0.05) is 52.8 Å². The highest BCUT2D eigenvalue weighted by atomic mass is 35.5. The van der Waals surface area contributed by atoms with Crippen molar-refractivity contribution in [1.29, 1.82) is 0 Å². The van der Waals surface area contributed by atoms with E-state index < -0.39 is 0 Å². The predicted molar refractivity (Wildman–Crippen MR) is 144 cm³/mol. The maximum absolute atomic E-state index is 13.1. The van der Waals surface area contributed by atoms with Gasteiger partial charge in [0.15, 0.2) is 0 Å². The summed E-state index contributed by atoms with van der Waals surface area (Å²) < 4.78 is 18.9. The van der Waals surface area contributed by atoms with E-state index in [1.165, 1.54) is 23.5 Å². The van der Waals surface area contributed by atoms with Gasteiger partial charge in [-0.2, -0.15) is 0 Å². The van der Waals surface area contributed by atoms with Gasteiger partial charge >= 0.3 is 0 Å². The lowest BCUT2D eigenvalue weighted by Crippen LogP contribution is -2.11. The summed E-state index contributed by atoms with van der Waals surface area (Å²) >= 11 is 7.47. The fourth-order valence-electron chi connectivity index (χ4n) is 3.52. The van der Waals surface area contributed by atoms with Crippen molar-refractivity contribution in [2.24, 2.45) is 0 Å². The average molecular weight is 515 g/mol. The van der Waals surface area contributed by atoms with Crippen molar-refractivity contribution in [2.45, 2.75) is 6.92 Å². The summed E-state index contributed by atoms with van der Waals surface area (Å²) in [4.78, 5) is 17.8. The van der Waals surface area contributed by atoms with Crippen LogP contribution in [0.3, 0.4) is 0 Å². The standard InChI is InChI=1S/C29H20ClFN2O2S/c1-18-2-4-20(5-3-18)27(34)33-29-26(19-6-10-22(30)11-7-19)32-28(36-29)21-8-14-24(15-9-21)35-25-16-12-23(31)13-17-25/h2-17H,1H3,(H,33,34). The average Bonchev–Trinajstić information content (AvgIpc) is 3.30. The van der Waals surface area contributed by atoms with Gasteiger partial charge in [0.2, 0.25) is 0 Å². The highest BCUT2D eigenvalue weighted by Crippen LogP contribution is 2.39. The number of thiazole rings is 1. The molecule has 0 saturated carbocycles. The van der Waals surface area contributed by atoms with E-state index in [-0.39, 0.29) is 11.7 Å². The van der Waals surface area contributed by atoms with E-state index in [1.54, 1.807) is 36.4 Å². The number of nitrogens with one attached hydrogen (secondary N) is 1. The third-order valence-corrected chi connectivity index (χ3v) is 6.71. The van der Waals surface area contributed by atoms with Crippen LogP contribution in [0.15, 0.2) is 97.1 Å². The molecule has 0 radical (unpaired) electrons. The Hall–Kier alpha value is -4.00. The molecule has 5 rings (SSSR count). The van der Waals surface area contributed by atoms with E-state index in [0.717, 1.165) is 21.7 Å². The highest BCUT2D eigenvalue weighted by molar-refractivity contribution is 7.19. The molecule has 0 bridgehead atoms. The Labute approximate surface area is 217 Å². The second-order valence-electron chi connectivity index (χ2n) is 8.10. The fraction of sp³-hybridized carbons (Fsp3) is 0.0345. The number of carbonyl (C=O) groups is 1. The van der Waals surface area contributed by atoms with Crippen molar-refractivity contribution in [1.82, 2.24) is 4.98 Å². The molecule has 178 valence electrons. The first-order valence-corrected chi connectivity index (χ1v) is 12.3. The largest absolute Gasteiger partial charge is 0.457 e. The van der Waals surface area contributed by atoms with Crippen LogP contribution in [0.4, 0.5) is 9.39 Å². The van der Waals surface area contributed by atoms with Crippen LogP contribution in [0.2, 0.25) is 5.02 Å². The van der Waals surface area contributed by atoms with Crippen molar-refractivity contribution in [3.8, 4) is 33.3 Å². The van der Waals surface area contributed by atoms with Crippen LogP contribution in [0.25, 0.3) is 21.8 Å². The minimum Gasteiger partial charge on any atom is -0.457 e. The van der Waals surface area contributed by atoms with Crippen molar-refractivity contribution in [3.05, 3.63) is 119 Å². The number of benzene rings is 4. The van der Waals surface area contributed by atoms with Crippen molar-refractivity contribution in [3.63, 3.8) is 0 Å². The van der Waals surface area contributed by atoms with Gasteiger partial charge in [-0.25, -0.2) is 9.37 Å². The second kappa shape index (κ2) is 10.3. The molecule has 4 nitrogen and oxygen atoms in total. The summed E-state index contributed by atoms with van der Waals surface area (Å²) in [5.74, 6) is 0.643. The van der Waals surface area contributed by atoms with E-state index >= 15 is 0 Å². The van der Waals surface area contributed by atoms with Crippen LogP contribution >= 0.6 is 22.9 Å². The molecule has 1 N–H and O–H groups in total. The third-order valence-electron chi connectivity index (χ3n) is 5.44. The molecule has 7 heteroatoms. The fourth-order valence-corrected chi connectivity index (χ4v) is 4.63. The smallest absolute Gasteiger partial charge is 0.256 e. The van der Waals surface area contributed by atoms with Crippen LogP contribution in [0.5, 0.6) is 11.5 Å². The van der Waals surface area contributed by atoms with Gasteiger partial charge in [-0.15, -0.1) is 0 Å². The molecule has 0 spiro atoms. The van der Waals surface area contributed by atoms with Gasteiger partial charge in [0.05, 0.1) is 0 Å². The number of halogens is 2. The van der Waals surface area contributed by atoms with Crippen LogP contribution in [0.1, 0.15) is 15.9 Å². The molecule has 1 aromatic heterocycles. The molecule has 0 aliphatic carbocycles. The number of ether oxygens (including phenoxy) is 1. The molecular weight excluding hydrogens is 495 g/mol. The summed E-state index contributed by atoms with van der Waals surface area (Å²) in [6.45, 7) is 1.98. The van der Waals surface area contributed by atoms with Gasteiger partial charge in [-0.05, 0) is 79.7 Å². The van der Waals surface area contributed by atoms with Crippen LogP contribution in [-0.4, -0.2) is 10.9 Å². The molecule has 0 aliphatic heterocycles. The van der Waals surface area contributed by atoms with Crippen LogP contribution in [-0.2, 0) is 0 Å². The number of nitrogens with zero attached hydrogens (tertiary/aromatic N) is 1. The predicted octanol–water partition coefficient (Wildman–Crippen LogP) is 8.62. The van der Waals surface area contributed by atoms with Gasteiger partial charge in [0, 0.05) is 21.7 Å². The first-order chi connectivity index (χ1) is 17.4. The maximum atomic E-state index is 13.1. The van der Waals surface area contributed by atoms with Crippen molar-refractivity contribution in [2.75, 3.05) is 5.32 Å². The summed E-state index contributed by atoms with van der Waals surface area (Å²) in [6, 6.07) is 28.1. The first kappa shape index (κ1) is 23.7. The Bertz CT molecular complexity index is 1500. The van der Waals surface area contributed by atoms with Crippen molar-refractivity contribution < 1.29 is 13.9 Å². The Morgan fingerprint density at radius 2 is 1.42 bits per heavy atom. The summed E-state index contributed by atoms with van der Waals surface area (Å²) in [7, 11) is 0. The number of anilines is 1. The number of rotatable bonds is 6. The molecule has 1 amide bonds. The molecule has 5 aromatic rings. The molecule has 4 aromatic carbocycles. The molecule has 36 heavy (non-hydrogen) atoms. The number of amides is 1. The van der Waals surface area contributed by atoms with Gasteiger partial charge < -0.3 is 10.1 Å². The molecule has 0 unspecified atom stereocenters. The van der Waals surface area contributed by atoms with Crippen LogP contribution in [0, 0.1) is 12.7 Å². The molecule has 1 heterocycles. The van der Waals surface area contributed by atoms with Gasteiger partial charge in [0.1, 0.15) is 33.0 Å². The van der Waals surface area contributed by atoms with E-state index in [2.05, 4.69) is 5.32 Å². The summed E-state index contributed by atoms with van der Waals surface area (Å²) in [6.07, 6.45) is 0. The van der Waals surface area contributed by atoms with E-state index in [0.29, 0.717) is 32.8 Å². The zero-order valence-electron chi connectivity index (χ0n) is 19.2. The molecule has 0 saturated heterocycles. The van der Waals surface area contributed by atoms with Crippen molar-refractivity contribution >= 4 is 33.8 Å². The molecule has 0 fully saturated rings. The number of hydrogen-bond acceptors (Lipinski definition) is 4. The molecule has 0 atom stereocenters. The number of carbonyl (C=O) groups excluding carboxylic acids is 1. The van der Waals surface area contributed by atoms with Crippen LogP contribution < -0.4 is 10.1 Å². The van der Waals surface area contributed by atoms with E-state index in [4.69, 9.17) is 21.3 Å². The monoisotopic (exact) mass is 514 g/mol. The number of hydrogen-bond donors (Lipinski definition) is 1. The summed E-state index contributed by atoms with van der Waals surface area (Å²) in [5.41, 5.74) is 4.04.